The lowest BCUT2D eigenvalue weighted by Crippen LogP contribution is -2.42. The molecule has 0 spiro atoms. The van der Waals surface area contributed by atoms with Crippen LogP contribution in [0.3, 0.4) is 0 Å². The normalized spacial score (nSPS) is 23.9. The molecule has 0 bridgehead atoms. The van der Waals surface area contributed by atoms with Gasteiger partial charge in [-0.25, -0.2) is 4.98 Å². The van der Waals surface area contributed by atoms with Gasteiger partial charge in [-0.1, -0.05) is 26.8 Å². The molecule has 1 aliphatic rings. The molecule has 0 aliphatic heterocycles. The van der Waals surface area contributed by atoms with Crippen LogP contribution in [0.25, 0.3) is 0 Å². The second kappa shape index (κ2) is 7.79. The number of allylic oxidation sites excluding steroid dienone is 1. The van der Waals surface area contributed by atoms with Gasteiger partial charge in [0.15, 0.2) is 0 Å². The van der Waals surface area contributed by atoms with E-state index in [1.807, 2.05) is 20.8 Å². The maximum Gasteiger partial charge on any atom is 0.433 e. The Morgan fingerprint density at radius 2 is 2.00 bits per heavy atom. The zero-order valence-electron chi connectivity index (χ0n) is 17.3. The first kappa shape index (κ1) is 22.9. The van der Waals surface area contributed by atoms with Crippen LogP contribution >= 0.6 is 0 Å². The van der Waals surface area contributed by atoms with Crippen LogP contribution in [-0.2, 0) is 6.18 Å². The van der Waals surface area contributed by atoms with Crippen molar-refractivity contribution in [1.82, 2.24) is 9.88 Å². The Hall–Kier alpha value is -2.40. The van der Waals surface area contributed by atoms with Crippen molar-refractivity contribution in [1.29, 1.82) is 5.26 Å². The van der Waals surface area contributed by atoms with Crippen molar-refractivity contribution in [3.05, 3.63) is 40.7 Å². The van der Waals surface area contributed by atoms with Crippen molar-refractivity contribution >= 4 is 5.91 Å². The summed E-state index contributed by atoms with van der Waals surface area (Å²) in [6, 6.07) is 4.02. The van der Waals surface area contributed by atoms with E-state index in [-0.39, 0.29) is 11.3 Å². The maximum absolute atomic E-state index is 12.8. The number of halogens is 3. The second-order valence-electron chi connectivity index (χ2n) is 8.74. The molecule has 1 unspecified atom stereocenters. The fraction of sp³-hybridized carbons (Fsp3) is 0.571. The highest BCUT2D eigenvalue weighted by Crippen LogP contribution is 2.46. The Bertz CT molecular complexity index is 871. The van der Waals surface area contributed by atoms with Crippen molar-refractivity contribution in [2.45, 2.75) is 52.8 Å². The standard InChI is InChI=1S/C21H26F3N3O2/c1-13-15(6-7-16(26-13)21(22,23)24)18(29)27(5)9-8-20(4)10-14(11-25)17(28)19(2,3)12-20/h6-7,10,17,28H,8-9,12H2,1-5H3/t17?,20-/m1/s1. The van der Waals surface area contributed by atoms with Gasteiger partial charge in [0.2, 0.25) is 0 Å². The summed E-state index contributed by atoms with van der Waals surface area (Å²) in [4.78, 5) is 17.7. The topological polar surface area (TPSA) is 77.2 Å². The van der Waals surface area contributed by atoms with Crippen molar-refractivity contribution in [3.63, 3.8) is 0 Å². The Morgan fingerprint density at radius 1 is 1.38 bits per heavy atom. The van der Waals surface area contributed by atoms with Gasteiger partial charge in [-0.15, -0.1) is 0 Å². The molecule has 2 rings (SSSR count). The largest absolute Gasteiger partial charge is 0.433 e. The first-order valence-electron chi connectivity index (χ1n) is 9.31. The zero-order chi connectivity index (χ0) is 22.2. The molecule has 158 valence electrons. The molecule has 1 aromatic rings. The van der Waals surface area contributed by atoms with Gasteiger partial charge in [-0.2, -0.15) is 18.4 Å². The van der Waals surface area contributed by atoms with Crippen LogP contribution in [0.2, 0.25) is 0 Å². The van der Waals surface area contributed by atoms with Gasteiger partial charge in [0.1, 0.15) is 5.69 Å². The molecule has 2 atom stereocenters. The lowest BCUT2D eigenvalue weighted by molar-refractivity contribution is -0.141. The molecule has 1 amide bonds. The number of carbonyl (C=O) groups excluding carboxylic acids is 1. The molecule has 1 heterocycles. The Kier molecular flexibility index (Phi) is 6.15. The summed E-state index contributed by atoms with van der Waals surface area (Å²) >= 11 is 0. The fourth-order valence-electron chi connectivity index (χ4n) is 3.99. The van der Waals surface area contributed by atoms with Crippen LogP contribution in [0.15, 0.2) is 23.8 Å². The molecule has 1 aromatic heterocycles. The Labute approximate surface area is 168 Å². The Balaban J connectivity index is 2.15. The van der Waals surface area contributed by atoms with Gasteiger partial charge in [-0.05, 0) is 42.7 Å². The minimum atomic E-state index is -4.56. The monoisotopic (exact) mass is 409 g/mol. The SMILES string of the molecule is Cc1nc(C(F)(F)F)ccc1C(=O)N(C)CC[C@]1(C)C=C(C#N)C(O)C(C)(C)C1. The van der Waals surface area contributed by atoms with Crippen molar-refractivity contribution in [3.8, 4) is 6.07 Å². The van der Waals surface area contributed by atoms with Crippen molar-refractivity contribution < 1.29 is 23.1 Å². The van der Waals surface area contributed by atoms with Crippen molar-refractivity contribution in [2.75, 3.05) is 13.6 Å². The van der Waals surface area contributed by atoms with E-state index in [4.69, 9.17) is 0 Å². The van der Waals surface area contributed by atoms with E-state index < -0.39 is 34.7 Å². The van der Waals surface area contributed by atoms with Gasteiger partial charge in [-0.3, -0.25) is 4.79 Å². The summed E-state index contributed by atoms with van der Waals surface area (Å²) < 4.78 is 38.3. The average Bonchev–Trinajstić information content (AvgIpc) is 2.61. The molecule has 0 fully saturated rings. The van der Waals surface area contributed by atoms with E-state index >= 15 is 0 Å². The van der Waals surface area contributed by atoms with Crippen LogP contribution in [0.5, 0.6) is 0 Å². The maximum atomic E-state index is 12.8. The number of alkyl halides is 3. The van der Waals surface area contributed by atoms with Crippen LogP contribution in [-0.4, -0.2) is 40.6 Å². The number of rotatable bonds is 4. The summed E-state index contributed by atoms with van der Waals surface area (Å²) in [5.41, 5.74) is -1.44. The number of hydrogen-bond donors (Lipinski definition) is 1. The van der Waals surface area contributed by atoms with Gasteiger partial charge in [0.05, 0.1) is 29.0 Å². The molecular formula is C21H26F3N3O2. The third kappa shape index (κ3) is 4.96. The number of aryl methyl sites for hydroxylation is 1. The summed E-state index contributed by atoms with van der Waals surface area (Å²) in [6.07, 6.45) is -2.44. The third-order valence-electron chi connectivity index (χ3n) is 5.50. The molecular weight excluding hydrogens is 383 g/mol. The number of aromatic nitrogens is 1. The van der Waals surface area contributed by atoms with Gasteiger partial charge >= 0.3 is 6.18 Å². The van der Waals surface area contributed by atoms with Gasteiger partial charge < -0.3 is 10.0 Å². The van der Waals surface area contributed by atoms with Crippen LogP contribution in [0.1, 0.15) is 55.4 Å². The predicted octanol–water partition coefficient (Wildman–Crippen LogP) is 4.12. The number of carbonyl (C=O) groups is 1. The van der Waals surface area contributed by atoms with E-state index in [2.05, 4.69) is 11.1 Å². The molecule has 1 aliphatic carbocycles. The van der Waals surface area contributed by atoms with E-state index in [1.165, 1.54) is 11.8 Å². The van der Waals surface area contributed by atoms with Gasteiger partial charge in [0.25, 0.3) is 5.91 Å². The minimum absolute atomic E-state index is 0.0245. The van der Waals surface area contributed by atoms with Crippen LogP contribution in [0.4, 0.5) is 13.2 Å². The number of pyridine rings is 1. The number of nitrogens with zero attached hydrogens (tertiary/aromatic N) is 3. The number of amides is 1. The van der Waals surface area contributed by atoms with E-state index in [1.54, 1.807) is 13.1 Å². The highest BCUT2D eigenvalue weighted by molar-refractivity contribution is 5.95. The van der Waals surface area contributed by atoms with Gasteiger partial charge in [0, 0.05) is 13.6 Å². The summed E-state index contributed by atoms with van der Waals surface area (Å²) in [6.45, 7) is 7.49. The number of aliphatic hydroxyl groups is 1. The Morgan fingerprint density at radius 3 is 2.52 bits per heavy atom. The lowest BCUT2D eigenvalue weighted by Gasteiger charge is -2.43. The molecule has 0 saturated heterocycles. The minimum Gasteiger partial charge on any atom is -0.387 e. The first-order valence-corrected chi connectivity index (χ1v) is 9.31. The zero-order valence-corrected chi connectivity index (χ0v) is 17.3. The second-order valence-corrected chi connectivity index (χ2v) is 8.74. The van der Waals surface area contributed by atoms with E-state index in [0.717, 1.165) is 12.1 Å². The van der Waals surface area contributed by atoms with E-state index in [0.29, 0.717) is 25.0 Å². The molecule has 29 heavy (non-hydrogen) atoms. The third-order valence-corrected chi connectivity index (χ3v) is 5.50. The molecule has 0 aromatic carbocycles. The summed E-state index contributed by atoms with van der Waals surface area (Å²) in [5.74, 6) is -0.410. The molecule has 1 N–H and O–H groups in total. The predicted molar refractivity (Wildman–Crippen MR) is 102 cm³/mol. The van der Waals surface area contributed by atoms with Crippen LogP contribution in [0, 0.1) is 29.1 Å². The fourth-order valence-corrected chi connectivity index (χ4v) is 3.99. The van der Waals surface area contributed by atoms with E-state index in [9.17, 15) is 28.3 Å². The number of nitriles is 1. The van der Waals surface area contributed by atoms with Crippen molar-refractivity contribution in [2.24, 2.45) is 10.8 Å². The molecule has 8 heteroatoms. The lowest BCUT2D eigenvalue weighted by atomic mass is 9.63. The summed E-state index contributed by atoms with van der Waals surface area (Å²) in [5, 5.41) is 19.6. The number of hydrogen-bond acceptors (Lipinski definition) is 4. The number of aliphatic hydroxyl groups excluding tert-OH is 1. The highest BCUT2D eigenvalue weighted by atomic mass is 19.4. The quantitative estimate of drug-likeness (QED) is 0.812. The first-order chi connectivity index (χ1) is 13.2. The molecule has 5 nitrogen and oxygen atoms in total. The highest BCUT2D eigenvalue weighted by Gasteiger charge is 2.42. The van der Waals surface area contributed by atoms with Crippen LogP contribution < -0.4 is 0 Å². The summed E-state index contributed by atoms with van der Waals surface area (Å²) in [7, 11) is 1.58. The average molecular weight is 409 g/mol. The smallest absolute Gasteiger partial charge is 0.387 e. The molecule has 0 saturated carbocycles. The molecule has 0 radical (unpaired) electrons.